The largest absolute Gasteiger partial charge is 0.378 e. The maximum Gasteiger partial charge on any atom is 0.229 e. The number of hydrogen-bond donors (Lipinski definition) is 1. The second-order valence-corrected chi connectivity index (χ2v) is 4.50. The fourth-order valence-corrected chi connectivity index (χ4v) is 2.06. The summed E-state index contributed by atoms with van der Waals surface area (Å²) in [4.78, 5) is 4.39. The molecule has 1 atom stereocenters. The van der Waals surface area contributed by atoms with Crippen LogP contribution in [0.4, 0.5) is 0 Å². The second-order valence-electron chi connectivity index (χ2n) is 4.50. The standard InChI is InChI=1S/C12H21N3O2/c1-13-7-4-6-11-14-12(17-15-11)9-10-5-2-3-8-16-10/h10,13H,2-9H2,1H3. The highest BCUT2D eigenvalue weighted by molar-refractivity contribution is 4.89. The Balaban J connectivity index is 1.76. The van der Waals surface area contributed by atoms with Crippen molar-refractivity contribution >= 4 is 0 Å². The molecule has 1 N–H and O–H groups in total. The van der Waals surface area contributed by atoms with Gasteiger partial charge in [-0.25, -0.2) is 0 Å². The molecule has 0 amide bonds. The lowest BCUT2D eigenvalue weighted by Gasteiger charge is -2.20. The van der Waals surface area contributed by atoms with Gasteiger partial charge in [-0.05, 0) is 39.3 Å². The molecule has 0 spiro atoms. The lowest BCUT2D eigenvalue weighted by atomic mass is 10.1. The van der Waals surface area contributed by atoms with E-state index in [1.54, 1.807) is 0 Å². The third kappa shape index (κ3) is 4.09. The summed E-state index contributed by atoms with van der Waals surface area (Å²) in [5.41, 5.74) is 0. The molecule has 1 unspecified atom stereocenters. The first-order chi connectivity index (χ1) is 8.38. The number of aryl methyl sites for hydroxylation is 1. The van der Waals surface area contributed by atoms with E-state index in [9.17, 15) is 0 Å². The van der Waals surface area contributed by atoms with Crippen LogP contribution in [0.1, 0.15) is 37.4 Å². The minimum absolute atomic E-state index is 0.273. The highest BCUT2D eigenvalue weighted by Crippen LogP contribution is 2.16. The van der Waals surface area contributed by atoms with Crippen LogP contribution in [0.5, 0.6) is 0 Å². The minimum atomic E-state index is 0.273. The summed E-state index contributed by atoms with van der Waals surface area (Å²) in [7, 11) is 1.95. The molecule has 5 nitrogen and oxygen atoms in total. The first kappa shape index (κ1) is 12.5. The van der Waals surface area contributed by atoms with Crippen LogP contribution in [0, 0.1) is 0 Å². The van der Waals surface area contributed by atoms with Crippen LogP contribution in [0.25, 0.3) is 0 Å². The van der Waals surface area contributed by atoms with Crippen LogP contribution in [0.15, 0.2) is 4.52 Å². The van der Waals surface area contributed by atoms with Crippen molar-refractivity contribution in [2.75, 3.05) is 20.2 Å². The summed E-state index contributed by atoms with van der Waals surface area (Å²) in [5.74, 6) is 1.53. The molecular weight excluding hydrogens is 218 g/mol. The molecule has 1 aliphatic heterocycles. The van der Waals surface area contributed by atoms with Gasteiger partial charge >= 0.3 is 0 Å². The fraction of sp³-hybridized carbons (Fsp3) is 0.833. The van der Waals surface area contributed by atoms with Gasteiger partial charge in [-0.1, -0.05) is 5.16 Å². The number of aromatic nitrogens is 2. The van der Waals surface area contributed by atoms with Crippen LogP contribution < -0.4 is 5.32 Å². The minimum Gasteiger partial charge on any atom is -0.378 e. The van der Waals surface area contributed by atoms with Gasteiger partial charge in [0.15, 0.2) is 5.82 Å². The molecule has 17 heavy (non-hydrogen) atoms. The Hall–Kier alpha value is -0.940. The van der Waals surface area contributed by atoms with E-state index in [4.69, 9.17) is 9.26 Å². The molecule has 0 aromatic carbocycles. The average molecular weight is 239 g/mol. The molecule has 96 valence electrons. The first-order valence-corrected chi connectivity index (χ1v) is 6.46. The summed E-state index contributed by atoms with van der Waals surface area (Å²) in [6.45, 7) is 1.85. The summed E-state index contributed by atoms with van der Waals surface area (Å²) >= 11 is 0. The number of nitrogens with zero attached hydrogens (tertiary/aromatic N) is 2. The van der Waals surface area contributed by atoms with E-state index in [0.717, 1.165) is 50.6 Å². The monoisotopic (exact) mass is 239 g/mol. The molecule has 2 rings (SSSR count). The van der Waals surface area contributed by atoms with Crippen LogP contribution in [0.3, 0.4) is 0 Å². The van der Waals surface area contributed by atoms with Gasteiger partial charge < -0.3 is 14.6 Å². The van der Waals surface area contributed by atoms with E-state index in [-0.39, 0.29) is 6.10 Å². The molecule has 5 heteroatoms. The van der Waals surface area contributed by atoms with Gasteiger partial charge in [0.25, 0.3) is 0 Å². The number of hydrogen-bond acceptors (Lipinski definition) is 5. The van der Waals surface area contributed by atoms with Crippen molar-refractivity contribution < 1.29 is 9.26 Å². The highest BCUT2D eigenvalue weighted by Gasteiger charge is 2.17. The maximum atomic E-state index is 5.65. The molecule has 0 aliphatic carbocycles. The normalized spacial score (nSPS) is 20.6. The average Bonchev–Trinajstić information content (AvgIpc) is 2.79. The Morgan fingerprint density at radius 2 is 2.35 bits per heavy atom. The van der Waals surface area contributed by atoms with Gasteiger partial charge in [-0.15, -0.1) is 0 Å². The summed E-state index contributed by atoms with van der Waals surface area (Å²) in [5, 5.41) is 7.09. The van der Waals surface area contributed by atoms with Crippen LogP contribution >= 0.6 is 0 Å². The zero-order valence-electron chi connectivity index (χ0n) is 10.4. The van der Waals surface area contributed by atoms with Crippen molar-refractivity contribution in [3.63, 3.8) is 0 Å². The fourth-order valence-electron chi connectivity index (χ4n) is 2.06. The molecule has 0 saturated carbocycles. The summed E-state index contributed by atoms with van der Waals surface area (Å²) in [6.07, 6.45) is 6.47. The van der Waals surface area contributed by atoms with Crippen molar-refractivity contribution in [3.05, 3.63) is 11.7 Å². The molecule has 1 aromatic rings. The lowest BCUT2D eigenvalue weighted by molar-refractivity contribution is 0.0124. The second kappa shape index (κ2) is 6.71. The molecule has 2 heterocycles. The highest BCUT2D eigenvalue weighted by atomic mass is 16.5. The Labute approximate surface area is 102 Å². The third-order valence-corrected chi connectivity index (χ3v) is 3.01. The predicted molar refractivity (Wildman–Crippen MR) is 63.8 cm³/mol. The zero-order chi connectivity index (χ0) is 11.9. The number of ether oxygens (including phenoxy) is 1. The smallest absolute Gasteiger partial charge is 0.229 e. The Kier molecular flexibility index (Phi) is 4.94. The van der Waals surface area contributed by atoms with Crippen molar-refractivity contribution in [2.24, 2.45) is 0 Å². The van der Waals surface area contributed by atoms with Crippen LogP contribution in [0.2, 0.25) is 0 Å². The van der Waals surface area contributed by atoms with Gasteiger partial charge in [-0.2, -0.15) is 4.98 Å². The Morgan fingerprint density at radius 1 is 1.41 bits per heavy atom. The van der Waals surface area contributed by atoms with E-state index in [0.29, 0.717) is 0 Å². The molecule has 1 saturated heterocycles. The Bertz CT molecular complexity index is 321. The number of nitrogens with one attached hydrogen (secondary N) is 1. The quantitative estimate of drug-likeness (QED) is 0.759. The van der Waals surface area contributed by atoms with Crippen molar-refractivity contribution in [2.45, 2.75) is 44.6 Å². The number of rotatable bonds is 6. The van der Waals surface area contributed by atoms with Gasteiger partial charge in [0.1, 0.15) is 0 Å². The van der Waals surface area contributed by atoms with Crippen LogP contribution in [-0.4, -0.2) is 36.4 Å². The van der Waals surface area contributed by atoms with Crippen molar-refractivity contribution in [1.82, 2.24) is 15.5 Å². The van der Waals surface area contributed by atoms with E-state index < -0.39 is 0 Å². The van der Waals surface area contributed by atoms with Crippen molar-refractivity contribution in [3.8, 4) is 0 Å². The first-order valence-electron chi connectivity index (χ1n) is 6.46. The molecule has 0 bridgehead atoms. The summed E-state index contributed by atoms with van der Waals surface area (Å²) < 4.78 is 10.9. The SMILES string of the molecule is CNCCCc1noc(CC2CCCCO2)n1. The van der Waals surface area contributed by atoms with Gasteiger partial charge in [0.05, 0.1) is 12.5 Å². The molecule has 1 fully saturated rings. The van der Waals surface area contributed by atoms with Crippen molar-refractivity contribution in [1.29, 1.82) is 0 Å². The van der Waals surface area contributed by atoms with Crippen LogP contribution in [-0.2, 0) is 17.6 Å². The summed E-state index contributed by atoms with van der Waals surface area (Å²) in [6, 6.07) is 0. The van der Waals surface area contributed by atoms with Gasteiger partial charge in [0.2, 0.25) is 5.89 Å². The molecular formula is C12H21N3O2. The molecule has 1 aromatic heterocycles. The molecule has 1 aliphatic rings. The van der Waals surface area contributed by atoms with Gasteiger partial charge in [-0.3, -0.25) is 0 Å². The zero-order valence-corrected chi connectivity index (χ0v) is 10.4. The van der Waals surface area contributed by atoms with Gasteiger partial charge in [0, 0.05) is 13.0 Å². The van der Waals surface area contributed by atoms with E-state index >= 15 is 0 Å². The maximum absolute atomic E-state index is 5.65. The van der Waals surface area contributed by atoms with E-state index in [1.807, 2.05) is 7.05 Å². The third-order valence-electron chi connectivity index (χ3n) is 3.01. The van der Waals surface area contributed by atoms with E-state index in [1.165, 1.54) is 12.8 Å². The molecule has 0 radical (unpaired) electrons. The van der Waals surface area contributed by atoms with E-state index in [2.05, 4.69) is 15.5 Å². The lowest BCUT2D eigenvalue weighted by Crippen LogP contribution is -2.21. The Morgan fingerprint density at radius 3 is 3.12 bits per heavy atom. The predicted octanol–water partition coefficient (Wildman–Crippen LogP) is 1.33. The topological polar surface area (TPSA) is 60.2 Å².